The molecule has 1 aliphatic rings. The van der Waals surface area contributed by atoms with Crippen molar-refractivity contribution in [2.24, 2.45) is 0 Å². The van der Waals surface area contributed by atoms with E-state index in [1.807, 2.05) is 30.0 Å². The molecule has 0 radical (unpaired) electrons. The number of benzene rings is 1. The van der Waals surface area contributed by atoms with Gasteiger partial charge in [-0.1, -0.05) is 13.0 Å². The van der Waals surface area contributed by atoms with E-state index in [4.69, 9.17) is 4.74 Å². The highest BCUT2D eigenvalue weighted by molar-refractivity contribution is 8.00. The fourth-order valence-electron chi connectivity index (χ4n) is 1.75. The first-order chi connectivity index (χ1) is 7.20. The van der Waals surface area contributed by atoms with E-state index in [1.54, 1.807) is 0 Å². The van der Waals surface area contributed by atoms with Crippen LogP contribution in [0.25, 0.3) is 0 Å². The minimum Gasteiger partial charge on any atom is -0.465 e. The predicted molar refractivity (Wildman–Crippen MR) is 61.4 cm³/mol. The fourth-order valence-corrected chi connectivity index (χ4v) is 2.94. The van der Waals surface area contributed by atoms with E-state index in [-0.39, 0.29) is 5.97 Å². The second-order valence-electron chi connectivity index (χ2n) is 3.78. The van der Waals surface area contributed by atoms with Gasteiger partial charge in [-0.3, -0.25) is 0 Å². The van der Waals surface area contributed by atoms with E-state index in [0.29, 0.717) is 10.8 Å². The predicted octanol–water partition coefficient (Wildman–Crippen LogP) is 2.90. The number of carbonyl (C=O) groups is 1. The zero-order valence-corrected chi connectivity index (χ0v) is 9.76. The Morgan fingerprint density at radius 2 is 2.33 bits per heavy atom. The van der Waals surface area contributed by atoms with Crippen LogP contribution in [0.1, 0.15) is 29.3 Å². The van der Waals surface area contributed by atoms with Gasteiger partial charge in [0.25, 0.3) is 0 Å². The van der Waals surface area contributed by atoms with Crippen LogP contribution in [0.3, 0.4) is 0 Å². The van der Waals surface area contributed by atoms with Crippen molar-refractivity contribution in [1.82, 2.24) is 0 Å². The van der Waals surface area contributed by atoms with Crippen molar-refractivity contribution >= 4 is 17.7 Å². The summed E-state index contributed by atoms with van der Waals surface area (Å²) < 4.78 is 4.71. The topological polar surface area (TPSA) is 26.3 Å². The molecule has 1 aliphatic heterocycles. The Kier molecular flexibility index (Phi) is 3.00. The van der Waals surface area contributed by atoms with Crippen LogP contribution in [0.4, 0.5) is 0 Å². The lowest BCUT2D eigenvalue weighted by Gasteiger charge is -2.21. The molecule has 0 saturated heterocycles. The monoisotopic (exact) mass is 222 g/mol. The maximum atomic E-state index is 11.3. The number of rotatable bonds is 1. The molecule has 0 aliphatic carbocycles. The van der Waals surface area contributed by atoms with E-state index < -0.39 is 0 Å². The standard InChI is InChI=1S/C12H14O2S/c1-8-3-4-9-5-6-10(12(13)14-2)7-11(9)15-8/h5-8H,3-4H2,1-2H3. The van der Waals surface area contributed by atoms with Crippen LogP contribution in [0.5, 0.6) is 0 Å². The molecule has 3 heteroatoms. The third kappa shape index (κ3) is 2.17. The van der Waals surface area contributed by atoms with E-state index in [9.17, 15) is 4.79 Å². The van der Waals surface area contributed by atoms with Gasteiger partial charge >= 0.3 is 5.97 Å². The van der Waals surface area contributed by atoms with Gasteiger partial charge < -0.3 is 4.74 Å². The van der Waals surface area contributed by atoms with Gasteiger partial charge in [0.15, 0.2) is 0 Å². The second-order valence-corrected chi connectivity index (χ2v) is 5.26. The molecule has 0 saturated carbocycles. The summed E-state index contributed by atoms with van der Waals surface area (Å²) in [7, 11) is 1.41. The number of esters is 1. The molecule has 2 nitrogen and oxygen atoms in total. The Bertz CT molecular complexity index is 387. The van der Waals surface area contributed by atoms with Gasteiger partial charge in [-0.05, 0) is 30.5 Å². The summed E-state index contributed by atoms with van der Waals surface area (Å²) >= 11 is 1.85. The SMILES string of the molecule is COC(=O)c1ccc2c(c1)SC(C)CC2. The number of fused-ring (bicyclic) bond motifs is 1. The number of hydrogen-bond acceptors (Lipinski definition) is 3. The maximum Gasteiger partial charge on any atom is 0.337 e. The van der Waals surface area contributed by atoms with Crippen LogP contribution < -0.4 is 0 Å². The van der Waals surface area contributed by atoms with Crippen molar-refractivity contribution < 1.29 is 9.53 Å². The summed E-state index contributed by atoms with van der Waals surface area (Å²) in [5, 5.41) is 0.644. The van der Waals surface area contributed by atoms with Crippen LogP contribution in [-0.4, -0.2) is 18.3 Å². The quantitative estimate of drug-likeness (QED) is 0.683. The summed E-state index contributed by atoms with van der Waals surface area (Å²) in [5.74, 6) is -0.253. The van der Waals surface area contributed by atoms with Crippen molar-refractivity contribution in [2.75, 3.05) is 7.11 Å². The van der Waals surface area contributed by atoms with Crippen LogP contribution in [0.2, 0.25) is 0 Å². The Morgan fingerprint density at radius 1 is 1.53 bits per heavy atom. The molecule has 1 aromatic rings. The summed E-state index contributed by atoms with van der Waals surface area (Å²) in [6, 6.07) is 5.84. The Balaban J connectivity index is 2.32. The number of carbonyl (C=O) groups excluding carboxylic acids is 1. The third-order valence-corrected chi connectivity index (χ3v) is 3.91. The van der Waals surface area contributed by atoms with Gasteiger partial charge in [-0.2, -0.15) is 0 Å². The van der Waals surface area contributed by atoms with Crippen molar-refractivity contribution in [1.29, 1.82) is 0 Å². The maximum absolute atomic E-state index is 11.3. The first-order valence-electron chi connectivity index (χ1n) is 5.08. The average molecular weight is 222 g/mol. The van der Waals surface area contributed by atoms with Gasteiger partial charge in [0, 0.05) is 10.1 Å². The largest absolute Gasteiger partial charge is 0.465 e. The molecule has 80 valence electrons. The van der Waals surface area contributed by atoms with Crippen LogP contribution in [-0.2, 0) is 11.2 Å². The van der Waals surface area contributed by atoms with Gasteiger partial charge in [-0.15, -0.1) is 11.8 Å². The van der Waals surface area contributed by atoms with Crippen molar-refractivity contribution in [3.63, 3.8) is 0 Å². The van der Waals surface area contributed by atoms with Crippen molar-refractivity contribution in [3.05, 3.63) is 29.3 Å². The first-order valence-corrected chi connectivity index (χ1v) is 5.96. The summed E-state index contributed by atoms with van der Waals surface area (Å²) in [6.07, 6.45) is 2.33. The Labute approximate surface area is 94.0 Å². The second kappa shape index (κ2) is 4.27. The van der Waals surface area contributed by atoms with Crippen LogP contribution in [0.15, 0.2) is 23.1 Å². The van der Waals surface area contributed by atoms with Crippen LogP contribution in [0, 0.1) is 0 Å². The molecule has 0 N–H and O–H groups in total. The van der Waals surface area contributed by atoms with E-state index in [1.165, 1.54) is 24.0 Å². The minimum absolute atomic E-state index is 0.253. The summed E-state index contributed by atoms with van der Waals surface area (Å²) in [6.45, 7) is 2.22. The lowest BCUT2D eigenvalue weighted by molar-refractivity contribution is 0.0600. The smallest absolute Gasteiger partial charge is 0.337 e. The van der Waals surface area contributed by atoms with E-state index in [2.05, 4.69) is 6.92 Å². The molecule has 15 heavy (non-hydrogen) atoms. The van der Waals surface area contributed by atoms with Gasteiger partial charge in [-0.25, -0.2) is 4.79 Å². The van der Waals surface area contributed by atoms with Crippen molar-refractivity contribution in [2.45, 2.75) is 29.9 Å². The van der Waals surface area contributed by atoms with Gasteiger partial charge in [0.2, 0.25) is 0 Å². The Morgan fingerprint density at radius 3 is 3.07 bits per heavy atom. The molecule has 0 amide bonds. The lowest BCUT2D eigenvalue weighted by atomic mass is 10.1. The van der Waals surface area contributed by atoms with Crippen molar-refractivity contribution in [3.8, 4) is 0 Å². The molecule has 1 atom stereocenters. The molecular formula is C12H14O2S. The number of aryl methyl sites for hydroxylation is 1. The highest BCUT2D eigenvalue weighted by Crippen LogP contribution is 2.35. The Hall–Kier alpha value is -0.960. The highest BCUT2D eigenvalue weighted by Gasteiger charge is 2.17. The molecule has 1 unspecified atom stereocenters. The van der Waals surface area contributed by atoms with E-state index >= 15 is 0 Å². The lowest BCUT2D eigenvalue weighted by Crippen LogP contribution is -2.08. The molecule has 0 aromatic heterocycles. The zero-order chi connectivity index (χ0) is 10.8. The average Bonchev–Trinajstić information content (AvgIpc) is 2.27. The van der Waals surface area contributed by atoms with Gasteiger partial charge in [0.1, 0.15) is 0 Å². The number of hydrogen-bond donors (Lipinski definition) is 0. The molecule has 0 fully saturated rings. The summed E-state index contributed by atoms with van der Waals surface area (Å²) in [4.78, 5) is 12.6. The fraction of sp³-hybridized carbons (Fsp3) is 0.417. The molecule has 1 aromatic carbocycles. The molecule has 0 spiro atoms. The summed E-state index contributed by atoms with van der Waals surface area (Å²) in [5.41, 5.74) is 2.00. The first kappa shape index (κ1) is 10.6. The molecule has 1 heterocycles. The number of methoxy groups -OCH3 is 1. The zero-order valence-electron chi connectivity index (χ0n) is 8.95. The van der Waals surface area contributed by atoms with Gasteiger partial charge in [0.05, 0.1) is 12.7 Å². The highest BCUT2D eigenvalue weighted by atomic mass is 32.2. The minimum atomic E-state index is -0.253. The van der Waals surface area contributed by atoms with Crippen LogP contribution >= 0.6 is 11.8 Å². The third-order valence-electron chi connectivity index (χ3n) is 2.64. The molecule has 0 bridgehead atoms. The van der Waals surface area contributed by atoms with E-state index in [0.717, 1.165) is 6.42 Å². The number of thioether (sulfide) groups is 1. The number of ether oxygens (including phenoxy) is 1. The normalized spacial score (nSPS) is 19.5. The molecule has 2 rings (SSSR count). The molecular weight excluding hydrogens is 208 g/mol.